The fraction of sp³-hybridized carbons (Fsp3) is 1.00. The van der Waals surface area contributed by atoms with E-state index >= 15 is 0 Å². The smallest absolute Gasteiger partial charge is 0.281 e. The van der Waals surface area contributed by atoms with E-state index in [1.165, 1.54) is 12.8 Å². The van der Waals surface area contributed by atoms with Crippen LogP contribution in [-0.2, 0) is 10.1 Å². The summed E-state index contributed by atoms with van der Waals surface area (Å²) >= 11 is 0. The molecule has 0 aliphatic rings. The van der Waals surface area contributed by atoms with Crippen LogP contribution in [0.5, 0.6) is 0 Å². The number of unbranched alkanes of at least 4 members (excludes halogenated alkanes) is 7. The Hall–Kier alpha value is -0.230. The Kier molecular flexibility index (Phi) is 7.87. The molecular formula is C11H22F2O3S. The van der Waals surface area contributed by atoms with Gasteiger partial charge in [-0.05, 0) is 6.42 Å². The molecule has 0 unspecified atom stereocenters. The van der Waals surface area contributed by atoms with Gasteiger partial charge in [0.25, 0.3) is 0 Å². The molecule has 0 aromatic heterocycles. The Bertz CT molecular complexity index is 289. The SMILES string of the molecule is CCCCCCCCCCC(F)(F)S(=O)(=O)O. The molecule has 0 heterocycles. The number of hydrogen-bond donors (Lipinski definition) is 1. The van der Waals surface area contributed by atoms with Crippen molar-refractivity contribution >= 4 is 10.1 Å². The first-order chi connectivity index (χ1) is 7.81. The lowest BCUT2D eigenvalue weighted by Gasteiger charge is -2.12. The second-order valence-corrected chi connectivity index (χ2v) is 5.88. The highest BCUT2D eigenvalue weighted by atomic mass is 32.2. The Morgan fingerprint density at radius 1 is 0.941 bits per heavy atom. The van der Waals surface area contributed by atoms with Gasteiger partial charge >= 0.3 is 15.4 Å². The third kappa shape index (κ3) is 7.65. The molecule has 104 valence electrons. The summed E-state index contributed by atoms with van der Waals surface area (Å²) in [5.41, 5.74) is 0. The number of halogens is 2. The summed E-state index contributed by atoms with van der Waals surface area (Å²) in [7, 11) is -5.24. The van der Waals surface area contributed by atoms with Gasteiger partial charge in [-0.25, -0.2) is 0 Å². The van der Waals surface area contributed by atoms with Crippen LogP contribution < -0.4 is 0 Å². The maximum absolute atomic E-state index is 12.8. The minimum Gasteiger partial charge on any atom is -0.281 e. The van der Waals surface area contributed by atoms with E-state index in [9.17, 15) is 17.2 Å². The topological polar surface area (TPSA) is 54.4 Å². The zero-order chi connectivity index (χ0) is 13.4. The van der Waals surface area contributed by atoms with Crippen molar-refractivity contribution in [2.24, 2.45) is 0 Å². The zero-order valence-corrected chi connectivity index (χ0v) is 11.1. The molecule has 0 saturated carbocycles. The van der Waals surface area contributed by atoms with Crippen LogP contribution in [0.25, 0.3) is 0 Å². The summed E-state index contributed by atoms with van der Waals surface area (Å²) in [6.45, 7) is 2.12. The third-order valence-electron chi connectivity index (χ3n) is 2.70. The van der Waals surface area contributed by atoms with Crippen LogP contribution in [0, 0.1) is 0 Å². The maximum Gasteiger partial charge on any atom is 0.370 e. The minimum atomic E-state index is -5.24. The highest BCUT2D eigenvalue weighted by molar-refractivity contribution is 7.86. The van der Waals surface area contributed by atoms with Crippen molar-refractivity contribution in [3.63, 3.8) is 0 Å². The molecule has 6 heteroatoms. The Balaban J connectivity index is 3.52. The summed E-state index contributed by atoms with van der Waals surface area (Å²) in [6.07, 6.45) is 6.38. The second kappa shape index (κ2) is 7.97. The van der Waals surface area contributed by atoms with Crippen LogP contribution in [0.2, 0.25) is 0 Å². The van der Waals surface area contributed by atoms with E-state index in [-0.39, 0.29) is 6.42 Å². The predicted octanol–water partition coefficient (Wildman–Crippen LogP) is 4.00. The van der Waals surface area contributed by atoms with Crippen molar-refractivity contribution in [3.05, 3.63) is 0 Å². The zero-order valence-electron chi connectivity index (χ0n) is 10.3. The average molecular weight is 272 g/mol. The average Bonchev–Trinajstić information content (AvgIpc) is 2.20. The fourth-order valence-corrected chi connectivity index (χ4v) is 2.00. The molecule has 0 fully saturated rings. The third-order valence-corrected chi connectivity index (χ3v) is 3.66. The summed E-state index contributed by atoms with van der Waals surface area (Å²) in [6, 6.07) is 0. The molecule has 0 bridgehead atoms. The van der Waals surface area contributed by atoms with Crippen molar-refractivity contribution in [1.82, 2.24) is 0 Å². The molecule has 0 radical (unpaired) electrons. The van der Waals surface area contributed by atoms with Crippen LogP contribution >= 0.6 is 0 Å². The summed E-state index contributed by atoms with van der Waals surface area (Å²) in [5.74, 6) is 0. The molecule has 1 N–H and O–H groups in total. The van der Waals surface area contributed by atoms with Crippen LogP contribution in [-0.4, -0.2) is 18.2 Å². The standard InChI is InChI=1S/C11H22F2O3S/c1-2-3-4-5-6-7-8-9-10-11(12,13)17(14,15)16/h2-10H2,1H3,(H,14,15,16). The highest BCUT2D eigenvalue weighted by Crippen LogP contribution is 2.27. The van der Waals surface area contributed by atoms with Gasteiger partial charge in [0.1, 0.15) is 0 Å². The highest BCUT2D eigenvalue weighted by Gasteiger charge is 2.42. The lowest BCUT2D eigenvalue weighted by molar-refractivity contribution is 0.0683. The van der Waals surface area contributed by atoms with Gasteiger partial charge in [-0.15, -0.1) is 0 Å². The van der Waals surface area contributed by atoms with Gasteiger partial charge in [0, 0.05) is 6.42 Å². The Labute approximate surface area is 102 Å². The van der Waals surface area contributed by atoms with Crippen LogP contribution in [0.1, 0.15) is 64.7 Å². The lowest BCUT2D eigenvalue weighted by Crippen LogP contribution is -2.27. The summed E-state index contributed by atoms with van der Waals surface area (Å²) < 4.78 is 54.4. The van der Waals surface area contributed by atoms with E-state index < -0.39 is 21.8 Å². The van der Waals surface area contributed by atoms with Gasteiger partial charge in [-0.1, -0.05) is 51.9 Å². The minimum absolute atomic E-state index is 0.126. The van der Waals surface area contributed by atoms with Gasteiger partial charge in [0.15, 0.2) is 0 Å². The molecule has 0 aromatic carbocycles. The Morgan fingerprint density at radius 3 is 1.76 bits per heavy atom. The van der Waals surface area contributed by atoms with E-state index in [1.54, 1.807) is 0 Å². The van der Waals surface area contributed by atoms with Crippen molar-refractivity contribution in [2.75, 3.05) is 0 Å². The Morgan fingerprint density at radius 2 is 1.35 bits per heavy atom. The first-order valence-electron chi connectivity index (χ1n) is 6.16. The van der Waals surface area contributed by atoms with Crippen LogP contribution in [0.3, 0.4) is 0 Å². The van der Waals surface area contributed by atoms with Crippen molar-refractivity contribution < 1.29 is 21.8 Å². The molecular weight excluding hydrogens is 250 g/mol. The van der Waals surface area contributed by atoms with Gasteiger partial charge in [-0.2, -0.15) is 17.2 Å². The van der Waals surface area contributed by atoms with E-state index in [0.717, 1.165) is 25.7 Å². The molecule has 0 aromatic rings. The van der Waals surface area contributed by atoms with Crippen molar-refractivity contribution in [1.29, 1.82) is 0 Å². The maximum atomic E-state index is 12.8. The van der Waals surface area contributed by atoms with E-state index in [2.05, 4.69) is 6.92 Å². The number of alkyl halides is 2. The molecule has 17 heavy (non-hydrogen) atoms. The molecule has 0 aliphatic carbocycles. The molecule has 3 nitrogen and oxygen atoms in total. The molecule has 0 rings (SSSR count). The normalized spacial score (nSPS) is 12.9. The predicted molar refractivity (Wildman–Crippen MR) is 63.7 cm³/mol. The van der Waals surface area contributed by atoms with Gasteiger partial charge in [0.2, 0.25) is 0 Å². The van der Waals surface area contributed by atoms with E-state index in [0.29, 0.717) is 6.42 Å². The quantitative estimate of drug-likeness (QED) is 0.483. The second-order valence-electron chi connectivity index (χ2n) is 4.34. The first-order valence-corrected chi connectivity index (χ1v) is 7.60. The molecule has 0 amide bonds. The summed E-state index contributed by atoms with van der Waals surface area (Å²) in [5, 5.41) is -3.99. The molecule has 0 aliphatic heterocycles. The van der Waals surface area contributed by atoms with Gasteiger partial charge in [-0.3, -0.25) is 4.55 Å². The number of hydrogen-bond acceptors (Lipinski definition) is 2. The van der Waals surface area contributed by atoms with Crippen LogP contribution in [0.15, 0.2) is 0 Å². The number of rotatable bonds is 10. The van der Waals surface area contributed by atoms with Crippen molar-refractivity contribution in [2.45, 2.75) is 70.0 Å². The first kappa shape index (κ1) is 16.8. The molecule has 0 spiro atoms. The van der Waals surface area contributed by atoms with Crippen LogP contribution in [0.4, 0.5) is 8.78 Å². The summed E-state index contributed by atoms with van der Waals surface area (Å²) in [4.78, 5) is 0. The van der Waals surface area contributed by atoms with Gasteiger partial charge < -0.3 is 0 Å². The van der Waals surface area contributed by atoms with E-state index in [1.807, 2.05) is 0 Å². The largest absolute Gasteiger partial charge is 0.370 e. The van der Waals surface area contributed by atoms with Crippen molar-refractivity contribution in [3.8, 4) is 0 Å². The monoisotopic (exact) mass is 272 g/mol. The van der Waals surface area contributed by atoms with Gasteiger partial charge in [0.05, 0.1) is 0 Å². The molecule has 0 atom stereocenters. The fourth-order valence-electron chi connectivity index (χ4n) is 1.59. The molecule has 0 saturated heterocycles. The van der Waals surface area contributed by atoms with E-state index in [4.69, 9.17) is 4.55 Å². The lowest BCUT2D eigenvalue weighted by atomic mass is 10.1.